The summed E-state index contributed by atoms with van der Waals surface area (Å²) >= 11 is 0. The number of benzene rings is 1. The number of piperidine rings is 1. The Morgan fingerprint density at radius 2 is 1.89 bits per heavy atom. The molecule has 0 radical (unpaired) electrons. The zero-order valence-electron chi connectivity index (χ0n) is 16.9. The van der Waals surface area contributed by atoms with Crippen molar-refractivity contribution in [3.8, 4) is 0 Å². The highest BCUT2D eigenvalue weighted by atomic mass is 19.2. The highest BCUT2D eigenvalue weighted by Crippen LogP contribution is 2.25. The summed E-state index contributed by atoms with van der Waals surface area (Å²) in [6.45, 7) is 9.77. The lowest BCUT2D eigenvalue weighted by Crippen LogP contribution is -2.49. The van der Waals surface area contributed by atoms with Crippen molar-refractivity contribution in [1.82, 2.24) is 15.5 Å². The predicted molar refractivity (Wildman–Crippen MR) is 108 cm³/mol. The van der Waals surface area contributed by atoms with E-state index in [0.29, 0.717) is 24.1 Å². The van der Waals surface area contributed by atoms with Crippen LogP contribution in [0.15, 0.2) is 18.2 Å². The molecule has 0 bridgehead atoms. The quantitative estimate of drug-likeness (QED) is 0.779. The molecule has 2 heterocycles. The minimum absolute atomic E-state index is 0.103. The van der Waals surface area contributed by atoms with Crippen LogP contribution in [0.1, 0.15) is 33.1 Å². The summed E-state index contributed by atoms with van der Waals surface area (Å²) in [5.41, 5.74) is 0.694. The van der Waals surface area contributed by atoms with E-state index in [4.69, 9.17) is 0 Å². The molecule has 1 aromatic carbocycles. The largest absolute Gasteiger partial charge is 0.371 e. The van der Waals surface area contributed by atoms with Gasteiger partial charge in [0.1, 0.15) is 0 Å². The summed E-state index contributed by atoms with van der Waals surface area (Å²) < 4.78 is 26.5. The maximum absolute atomic E-state index is 13.4. The number of nitrogens with zero attached hydrogens (tertiary/aromatic N) is 2. The number of rotatable bonds is 6. The molecule has 0 aromatic heterocycles. The molecule has 7 heteroatoms. The smallest absolute Gasteiger partial charge is 0.315 e. The first kappa shape index (κ1) is 20.8. The summed E-state index contributed by atoms with van der Waals surface area (Å²) in [6, 6.07) is 4.14. The third-order valence-corrected chi connectivity index (χ3v) is 5.65. The molecule has 1 unspecified atom stereocenters. The number of hydrogen-bond donors (Lipinski definition) is 2. The van der Waals surface area contributed by atoms with Crippen molar-refractivity contribution in [3.63, 3.8) is 0 Å². The Morgan fingerprint density at radius 3 is 2.57 bits per heavy atom. The Balaban J connectivity index is 1.36. The highest BCUT2D eigenvalue weighted by molar-refractivity contribution is 5.74. The number of carbonyl (C=O) groups excluding carboxylic acids is 1. The molecule has 156 valence electrons. The van der Waals surface area contributed by atoms with Crippen molar-refractivity contribution >= 4 is 11.7 Å². The first-order chi connectivity index (χ1) is 13.4. The zero-order chi connectivity index (χ0) is 20.1. The van der Waals surface area contributed by atoms with Crippen molar-refractivity contribution in [1.29, 1.82) is 0 Å². The number of carbonyl (C=O) groups is 1. The third kappa shape index (κ3) is 5.80. The third-order valence-electron chi connectivity index (χ3n) is 5.65. The molecule has 0 aliphatic carbocycles. The molecule has 2 saturated heterocycles. The fraction of sp³-hybridized carbons (Fsp3) is 0.667. The summed E-state index contributed by atoms with van der Waals surface area (Å²) in [4.78, 5) is 16.7. The molecular formula is C21H32F2N4O. The van der Waals surface area contributed by atoms with Gasteiger partial charge in [0, 0.05) is 57.1 Å². The molecule has 5 nitrogen and oxygen atoms in total. The second kappa shape index (κ2) is 9.54. The molecule has 0 saturated carbocycles. The first-order valence-electron chi connectivity index (χ1n) is 10.4. The van der Waals surface area contributed by atoms with Crippen molar-refractivity contribution in [2.45, 2.75) is 39.2 Å². The van der Waals surface area contributed by atoms with E-state index < -0.39 is 11.6 Å². The fourth-order valence-corrected chi connectivity index (χ4v) is 4.17. The van der Waals surface area contributed by atoms with Crippen LogP contribution in [-0.2, 0) is 0 Å². The Hall–Kier alpha value is -1.89. The van der Waals surface area contributed by atoms with E-state index >= 15 is 0 Å². The molecule has 28 heavy (non-hydrogen) atoms. The number of hydrogen-bond acceptors (Lipinski definition) is 3. The number of nitrogens with one attached hydrogen (secondary N) is 2. The van der Waals surface area contributed by atoms with Crippen LogP contribution in [-0.4, -0.2) is 56.2 Å². The summed E-state index contributed by atoms with van der Waals surface area (Å²) in [6.07, 6.45) is 2.91. The molecule has 2 aliphatic rings. The van der Waals surface area contributed by atoms with Gasteiger partial charge in [-0.3, -0.25) is 0 Å². The SMILES string of the molecule is CC(C)CN1CCC(NC(=O)NCC2CCN(c3ccc(F)c(F)c3)C2)CC1. The number of amides is 2. The summed E-state index contributed by atoms with van der Waals surface area (Å²) in [5.74, 6) is -0.664. The van der Waals surface area contributed by atoms with Gasteiger partial charge in [-0.2, -0.15) is 0 Å². The summed E-state index contributed by atoms with van der Waals surface area (Å²) in [5, 5.41) is 6.08. The molecule has 3 rings (SSSR count). The molecular weight excluding hydrogens is 362 g/mol. The normalized spacial score (nSPS) is 21.3. The van der Waals surface area contributed by atoms with Crippen LogP contribution in [0.4, 0.5) is 19.3 Å². The molecule has 2 N–H and O–H groups in total. The van der Waals surface area contributed by atoms with Crippen molar-refractivity contribution in [3.05, 3.63) is 29.8 Å². The Bertz CT molecular complexity index is 662. The van der Waals surface area contributed by atoms with Gasteiger partial charge in [-0.15, -0.1) is 0 Å². The number of urea groups is 1. The maximum Gasteiger partial charge on any atom is 0.315 e. The van der Waals surface area contributed by atoms with Crippen LogP contribution < -0.4 is 15.5 Å². The minimum Gasteiger partial charge on any atom is -0.371 e. The van der Waals surface area contributed by atoms with Gasteiger partial charge in [-0.1, -0.05) is 13.8 Å². The highest BCUT2D eigenvalue weighted by Gasteiger charge is 2.25. The second-order valence-electron chi connectivity index (χ2n) is 8.52. The zero-order valence-corrected chi connectivity index (χ0v) is 16.9. The van der Waals surface area contributed by atoms with Crippen LogP contribution in [0.3, 0.4) is 0 Å². The monoisotopic (exact) mass is 394 g/mol. The first-order valence-corrected chi connectivity index (χ1v) is 10.4. The van der Waals surface area contributed by atoms with Crippen LogP contribution in [0.5, 0.6) is 0 Å². The van der Waals surface area contributed by atoms with Crippen LogP contribution in [0.25, 0.3) is 0 Å². The van der Waals surface area contributed by atoms with Crippen molar-refractivity contribution < 1.29 is 13.6 Å². The van der Waals surface area contributed by atoms with Gasteiger partial charge in [0.2, 0.25) is 0 Å². The average Bonchev–Trinajstić information content (AvgIpc) is 3.12. The van der Waals surface area contributed by atoms with Crippen molar-refractivity contribution in [2.24, 2.45) is 11.8 Å². The fourth-order valence-electron chi connectivity index (χ4n) is 4.17. The Labute approximate surface area is 166 Å². The van der Waals surface area contributed by atoms with Gasteiger partial charge in [-0.05, 0) is 43.2 Å². The Morgan fingerprint density at radius 1 is 1.14 bits per heavy atom. The maximum atomic E-state index is 13.4. The molecule has 0 spiro atoms. The van der Waals surface area contributed by atoms with E-state index in [1.165, 1.54) is 6.07 Å². The molecule has 2 amide bonds. The lowest BCUT2D eigenvalue weighted by Gasteiger charge is -2.33. The standard InChI is InChI=1S/C21H32F2N4O/c1-15(2)13-26-8-6-17(7-9-26)25-21(28)24-12-16-5-10-27(14-16)18-3-4-19(22)20(23)11-18/h3-4,11,15-17H,5-10,12-14H2,1-2H3,(H2,24,25,28). The van der Waals surface area contributed by atoms with Gasteiger partial charge in [0.05, 0.1) is 0 Å². The van der Waals surface area contributed by atoms with Crippen molar-refractivity contribution in [2.75, 3.05) is 44.2 Å². The Kier molecular flexibility index (Phi) is 7.10. The average molecular weight is 395 g/mol. The van der Waals surface area contributed by atoms with Crippen LogP contribution >= 0.6 is 0 Å². The molecule has 2 fully saturated rings. The number of halogens is 2. The van der Waals surface area contributed by atoms with Gasteiger partial charge in [-0.25, -0.2) is 13.6 Å². The summed E-state index contributed by atoms with van der Waals surface area (Å²) in [7, 11) is 0. The number of likely N-dealkylation sites (tertiary alicyclic amines) is 1. The molecule has 1 atom stereocenters. The van der Waals surface area contributed by atoms with E-state index in [2.05, 4.69) is 29.4 Å². The van der Waals surface area contributed by atoms with E-state index in [-0.39, 0.29) is 12.1 Å². The van der Waals surface area contributed by atoms with E-state index in [0.717, 1.165) is 58.1 Å². The lowest BCUT2D eigenvalue weighted by molar-refractivity contribution is 0.177. The van der Waals surface area contributed by atoms with E-state index in [1.54, 1.807) is 6.07 Å². The predicted octanol–water partition coefficient (Wildman–Crippen LogP) is 3.21. The number of anilines is 1. The van der Waals surface area contributed by atoms with Gasteiger partial charge < -0.3 is 20.4 Å². The van der Waals surface area contributed by atoms with Crippen LogP contribution in [0.2, 0.25) is 0 Å². The molecule has 2 aliphatic heterocycles. The van der Waals surface area contributed by atoms with E-state index in [1.807, 2.05) is 4.90 Å². The van der Waals surface area contributed by atoms with Gasteiger partial charge in [0.15, 0.2) is 11.6 Å². The minimum atomic E-state index is -0.826. The van der Waals surface area contributed by atoms with Gasteiger partial charge in [0.25, 0.3) is 0 Å². The van der Waals surface area contributed by atoms with Gasteiger partial charge >= 0.3 is 6.03 Å². The van der Waals surface area contributed by atoms with Crippen LogP contribution in [0, 0.1) is 23.5 Å². The lowest BCUT2D eigenvalue weighted by atomic mass is 10.0. The molecule has 1 aromatic rings. The van der Waals surface area contributed by atoms with E-state index in [9.17, 15) is 13.6 Å². The topological polar surface area (TPSA) is 47.6 Å². The second-order valence-corrected chi connectivity index (χ2v) is 8.52.